The topological polar surface area (TPSA) is 37.4 Å². The van der Waals surface area contributed by atoms with Gasteiger partial charge in [0.25, 0.3) is 11.8 Å². The van der Waals surface area contributed by atoms with Gasteiger partial charge in [-0.25, -0.2) is 0 Å². The van der Waals surface area contributed by atoms with Gasteiger partial charge in [-0.3, -0.25) is 14.5 Å². The second-order valence-corrected chi connectivity index (χ2v) is 18.5. The Morgan fingerprint density at radius 3 is 1.56 bits per heavy atom. The molecule has 0 fully saturated rings. The number of fused-ring (bicyclic) bond motifs is 4. The average molecular weight is 744 g/mol. The molecule has 1 aliphatic heterocycles. The minimum absolute atomic E-state index is 0.0505. The third-order valence-electron chi connectivity index (χ3n) is 12.1. The number of amides is 2. The highest BCUT2D eigenvalue weighted by Crippen LogP contribution is 2.61. The Kier molecular flexibility index (Phi) is 16.1. The van der Waals surface area contributed by atoms with E-state index in [1.54, 1.807) is 10.5 Å². The van der Waals surface area contributed by atoms with Gasteiger partial charge in [0.2, 0.25) is 0 Å². The van der Waals surface area contributed by atoms with Crippen LogP contribution in [0.4, 0.5) is 0 Å². The van der Waals surface area contributed by atoms with Crippen LogP contribution in [0.2, 0.25) is 0 Å². The van der Waals surface area contributed by atoms with E-state index in [2.05, 4.69) is 52.0 Å². The highest BCUT2D eigenvalue weighted by atomic mass is 32.1. The van der Waals surface area contributed by atoms with Crippen LogP contribution in [0.5, 0.6) is 0 Å². The molecule has 0 N–H and O–H groups in total. The fraction of sp³-hybridized carbons (Fsp3) is 0.660. The van der Waals surface area contributed by atoms with Gasteiger partial charge in [-0.1, -0.05) is 168 Å². The lowest BCUT2D eigenvalue weighted by atomic mass is 9.71. The largest absolute Gasteiger partial charge is 0.274 e. The van der Waals surface area contributed by atoms with Crippen LogP contribution < -0.4 is 0 Å². The molecule has 286 valence electrons. The number of unbranched alkanes of at least 4 members (excludes halogenated alkanes) is 19. The third kappa shape index (κ3) is 9.52. The number of hydrogen-bond donors (Lipinski definition) is 0. The highest BCUT2D eigenvalue weighted by Gasteiger charge is 2.46. The van der Waals surface area contributed by atoms with Crippen molar-refractivity contribution in [1.82, 2.24) is 4.90 Å². The molecule has 1 aliphatic carbocycles. The maximum Gasteiger partial charge on any atom is 0.262 e. The SMILES string of the molecule is CCCCCCCCCCCCN1C(=O)c2c(C)ccc(-c3cc4c(s3)-c3sc(C)cc3C4(CCCCCCCC)CCCCCCCC)c2C1=O. The lowest BCUT2D eigenvalue weighted by Crippen LogP contribution is -2.30. The zero-order chi connectivity index (χ0) is 36.9. The van der Waals surface area contributed by atoms with Gasteiger partial charge in [-0.05, 0) is 61.9 Å². The van der Waals surface area contributed by atoms with Crippen molar-refractivity contribution in [2.24, 2.45) is 0 Å². The molecule has 1 aromatic carbocycles. The maximum atomic E-state index is 14.2. The quantitative estimate of drug-likeness (QED) is 0.0606. The maximum absolute atomic E-state index is 14.2. The van der Waals surface area contributed by atoms with Crippen molar-refractivity contribution in [3.8, 4) is 20.2 Å². The Labute approximate surface area is 325 Å². The van der Waals surface area contributed by atoms with Crippen molar-refractivity contribution in [2.75, 3.05) is 6.54 Å². The summed E-state index contributed by atoms with van der Waals surface area (Å²) < 4.78 is 0. The van der Waals surface area contributed by atoms with E-state index in [0.29, 0.717) is 17.7 Å². The fourth-order valence-electron chi connectivity index (χ4n) is 9.04. The van der Waals surface area contributed by atoms with Crippen LogP contribution in [-0.2, 0) is 5.41 Å². The van der Waals surface area contributed by atoms with Crippen molar-refractivity contribution < 1.29 is 9.59 Å². The predicted octanol–water partition coefficient (Wildman–Crippen LogP) is 15.4. The van der Waals surface area contributed by atoms with Crippen LogP contribution in [0.3, 0.4) is 0 Å². The molecule has 2 amide bonds. The van der Waals surface area contributed by atoms with Gasteiger partial charge < -0.3 is 0 Å². The third-order valence-corrected chi connectivity index (χ3v) is 14.5. The van der Waals surface area contributed by atoms with E-state index < -0.39 is 0 Å². The lowest BCUT2D eigenvalue weighted by Gasteiger charge is -2.31. The minimum atomic E-state index is -0.0870. The van der Waals surface area contributed by atoms with Crippen LogP contribution in [0, 0.1) is 13.8 Å². The van der Waals surface area contributed by atoms with E-state index in [0.717, 1.165) is 28.8 Å². The molecule has 0 saturated heterocycles. The molecule has 2 aliphatic rings. The molecule has 52 heavy (non-hydrogen) atoms. The Morgan fingerprint density at radius 2 is 1.00 bits per heavy atom. The van der Waals surface area contributed by atoms with Crippen LogP contribution >= 0.6 is 22.7 Å². The number of carbonyl (C=O) groups is 2. The average Bonchev–Trinajstić information content (AvgIpc) is 3.86. The Hall–Kier alpha value is -2.24. The first kappa shape index (κ1) is 40.9. The molecule has 3 nitrogen and oxygen atoms in total. The molecule has 2 aromatic heterocycles. The summed E-state index contributed by atoms with van der Waals surface area (Å²) in [7, 11) is 0. The molecule has 0 unspecified atom stereocenters. The summed E-state index contributed by atoms with van der Waals surface area (Å²) in [4.78, 5) is 35.0. The molecule has 0 saturated carbocycles. The van der Waals surface area contributed by atoms with Crippen molar-refractivity contribution in [3.05, 3.63) is 57.0 Å². The van der Waals surface area contributed by atoms with E-state index >= 15 is 0 Å². The Morgan fingerprint density at radius 1 is 0.538 bits per heavy atom. The Balaban J connectivity index is 1.36. The van der Waals surface area contributed by atoms with E-state index in [1.807, 2.05) is 29.6 Å². The molecular weight excluding hydrogens is 675 g/mol. The second kappa shape index (κ2) is 20.4. The van der Waals surface area contributed by atoms with Crippen molar-refractivity contribution in [3.63, 3.8) is 0 Å². The summed E-state index contributed by atoms with van der Waals surface area (Å²) in [6.07, 6.45) is 30.6. The van der Waals surface area contributed by atoms with Gasteiger partial charge in [-0.2, -0.15) is 0 Å². The number of benzene rings is 1. The molecule has 5 rings (SSSR count). The van der Waals surface area contributed by atoms with Gasteiger partial charge in [0.1, 0.15) is 0 Å². The summed E-state index contributed by atoms with van der Waals surface area (Å²) in [5.74, 6) is -0.169. The van der Waals surface area contributed by atoms with Crippen LogP contribution in [0.15, 0.2) is 24.3 Å². The molecule has 0 atom stereocenters. The second-order valence-electron chi connectivity index (χ2n) is 16.2. The van der Waals surface area contributed by atoms with Crippen LogP contribution in [-0.4, -0.2) is 23.3 Å². The summed E-state index contributed by atoms with van der Waals surface area (Å²) in [6.45, 7) is 11.7. The van der Waals surface area contributed by atoms with Crippen molar-refractivity contribution in [2.45, 2.75) is 194 Å². The number of hydrogen-bond acceptors (Lipinski definition) is 4. The molecule has 3 aromatic rings. The van der Waals surface area contributed by atoms with Crippen molar-refractivity contribution >= 4 is 34.5 Å². The van der Waals surface area contributed by atoms with Crippen LogP contribution in [0.25, 0.3) is 20.2 Å². The van der Waals surface area contributed by atoms with E-state index in [9.17, 15) is 9.59 Å². The van der Waals surface area contributed by atoms with Gasteiger partial charge in [0.05, 0.1) is 11.1 Å². The number of aryl methyl sites for hydroxylation is 2. The molecule has 5 heteroatoms. The predicted molar refractivity (Wildman–Crippen MR) is 227 cm³/mol. The molecular formula is C47H69NO2S2. The number of carbonyl (C=O) groups excluding carboxylic acids is 2. The zero-order valence-electron chi connectivity index (χ0n) is 33.6. The summed E-state index contributed by atoms with van der Waals surface area (Å²) >= 11 is 3.84. The zero-order valence-corrected chi connectivity index (χ0v) is 35.2. The standard InChI is InChI=1S/C47H69NO2S2/c1-6-9-12-15-18-19-20-21-24-27-32-48-45(49)41-35(4)28-29-37(42(41)46(48)50)40-34-39-44(52-40)43-38(33-36(5)51-43)47(39,30-25-22-16-13-10-7-2)31-26-23-17-14-11-8-3/h28-29,33-34H,6-27,30-32H2,1-5H3. The number of thiophene rings is 2. The normalized spacial score (nSPS) is 14.4. The first-order chi connectivity index (χ1) is 25.4. The van der Waals surface area contributed by atoms with Gasteiger partial charge >= 0.3 is 0 Å². The van der Waals surface area contributed by atoms with E-state index in [-0.39, 0.29) is 17.2 Å². The number of imide groups is 1. The van der Waals surface area contributed by atoms with Crippen LogP contribution in [0.1, 0.15) is 217 Å². The smallest absolute Gasteiger partial charge is 0.262 e. The highest BCUT2D eigenvalue weighted by molar-refractivity contribution is 7.24. The minimum Gasteiger partial charge on any atom is -0.274 e. The first-order valence-electron chi connectivity index (χ1n) is 21.6. The molecule has 0 radical (unpaired) electrons. The summed E-state index contributed by atoms with van der Waals surface area (Å²) in [5.41, 5.74) is 6.31. The molecule has 0 spiro atoms. The summed E-state index contributed by atoms with van der Waals surface area (Å²) in [6, 6.07) is 9.19. The van der Waals surface area contributed by atoms with E-state index in [1.165, 1.54) is 161 Å². The monoisotopic (exact) mass is 743 g/mol. The number of nitrogens with zero attached hydrogens (tertiary/aromatic N) is 1. The first-order valence-corrected chi connectivity index (χ1v) is 23.3. The molecule has 3 heterocycles. The Bertz CT molecular complexity index is 1580. The fourth-order valence-corrected chi connectivity index (χ4v) is 11.6. The van der Waals surface area contributed by atoms with Gasteiger partial charge in [-0.15, -0.1) is 22.7 Å². The lowest BCUT2D eigenvalue weighted by molar-refractivity contribution is 0.0651. The van der Waals surface area contributed by atoms with Gasteiger partial charge in [0, 0.05) is 37.0 Å². The van der Waals surface area contributed by atoms with Crippen molar-refractivity contribution in [1.29, 1.82) is 0 Å². The number of rotatable bonds is 26. The molecule has 0 bridgehead atoms. The van der Waals surface area contributed by atoms with E-state index in [4.69, 9.17) is 0 Å². The van der Waals surface area contributed by atoms with Gasteiger partial charge in [0.15, 0.2) is 0 Å². The summed E-state index contributed by atoms with van der Waals surface area (Å²) in [5, 5.41) is 0.